The Kier molecular flexibility index (Phi) is 6.67. The van der Waals surface area contributed by atoms with Crippen molar-refractivity contribution < 1.29 is 24.2 Å². The molecule has 1 N–H and O–H groups in total. The Morgan fingerprint density at radius 1 is 0.970 bits per heavy atom. The number of carbonyl (C=O) groups excluding carboxylic acids is 2. The number of nitrogens with zero attached hydrogens (tertiary/aromatic N) is 1. The molecule has 0 radical (unpaired) electrons. The SMILES string of the molecule is O=C(Oc1ccccc1)c1cccc(/C=C2\SC(=S)N([C@@H](C(=O)O)c3ccccc3)C2=O)c1. The molecule has 1 aliphatic heterocycles. The Morgan fingerprint density at radius 2 is 1.64 bits per heavy atom. The predicted octanol–water partition coefficient (Wildman–Crippen LogP) is 4.93. The molecule has 0 saturated carbocycles. The summed E-state index contributed by atoms with van der Waals surface area (Å²) in [5, 5.41) is 9.78. The molecule has 1 amide bonds. The third-order valence-corrected chi connectivity index (χ3v) is 6.14. The second-order valence-corrected chi connectivity index (χ2v) is 8.71. The van der Waals surface area contributed by atoms with Gasteiger partial charge < -0.3 is 9.84 Å². The highest BCUT2D eigenvalue weighted by molar-refractivity contribution is 8.26. The summed E-state index contributed by atoms with van der Waals surface area (Å²) in [6.45, 7) is 0. The van der Waals surface area contributed by atoms with Gasteiger partial charge in [0, 0.05) is 0 Å². The Labute approximate surface area is 199 Å². The van der Waals surface area contributed by atoms with E-state index >= 15 is 0 Å². The van der Waals surface area contributed by atoms with E-state index < -0.39 is 23.9 Å². The maximum atomic E-state index is 13.1. The summed E-state index contributed by atoms with van der Waals surface area (Å²) in [6, 6.07) is 22.6. The number of thiocarbonyl (C=S) groups is 1. The van der Waals surface area contributed by atoms with Gasteiger partial charge in [-0.1, -0.05) is 84.6 Å². The van der Waals surface area contributed by atoms with Gasteiger partial charge in [0.2, 0.25) is 0 Å². The summed E-state index contributed by atoms with van der Waals surface area (Å²) >= 11 is 6.36. The maximum absolute atomic E-state index is 13.1. The summed E-state index contributed by atoms with van der Waals surface area (Å²) in [5.74, 6) is -1.78. The van der Waals surface area contributed by atoms with Crippen molar-refractivity contribution in [1.82, 2.24) is 4.90 Å². The number of esters is 1. The first kappa shape index (κ1) is 22.4. The molecule has 164 valence electrons. The summed E-state index contributed by atoms with van der Waals surface area (Å²) in [6.07, 6.45) is 1.59. The van der Waals surface area contributed by atoms with Gasteiger partial charge in [-0.15, -0.1) is 0 Å². The number of hydrogen-bond acceptors (Lipinski definition) is 6. The molecule has 1 fully saturated rings. The van der Waals surface area contributed by atoms with Crippen LogP contribution in [0.3, 0.4) is 0 Å². The minimum Gasteiger partial charge on any atom is -0.479 e. The lowest BCUT2D eigenvalue weighted by molar-refractivity contribution is -0.145. The summed E-state index contributed by atoms with van der Waals surface area (Å²) in [7, 11) is 0. The van der Waals surface area contributed by atoms with Crippen LogP contribution in [0.25, 0.3) is 6.08 Å². The van der Waals surface area contributed by atoms with Crippen LogP contribution in [0.2, 0.25) is 0 Å². The Hall–Kier alpha value is -3.75. The summed E-state index contributed by atoms with van der Waals surface area (Å²) in [4.78, 5) is 38.9. The molecule has 1 atom stereocenters. The quantitative estimate of drug-likeness (QED) is 0.234. The normalized spacial score (nSPS) is 15.5. The van der Waals surface area contributed by atoms with E-state index in [-0.39, 0.29) is 9.23 Å². The minimum absolute atomic E-state index is 0.155. The largest absolute Gasteiger partial charge is 0.479 e. The van der Waals surface area contributed by atoms with Crippen molar-refractivity contribution in [1.29, 1.82) is 0 Å². The average Bonchev–Trinajstić information content (AvgIpc) is 3.08. The van der Waals surface area contributed by atoms with Gasteiger partial charge in [-0.05, 0) is 41.5 Å². The lowest BCUT2D eigenvalue weighted by Crippen LogP contribution is -2.37. The Bertz CT molecular complexity index is 1260. The van der Waals surface area contributed by atoms with Crippen LogP contribution in [0.5, 0.6) is 5.75 Å². The predicted molar refractivity (Wildman–Crippen MR) is 130 cm³/mol. The van der Waals surface area contributed by atoms with Crippen LogP contribution in [0.4, 0.5) is 0 Å². The second-order valence-electron chi connectivity index (χ2n) is 7.03. The number of carboxylic acids is 1. The van der Waals surface area contributed by atoms with Crippen LogP contribution in [0.15, 0.2) is 89.8 Å². The number of ether oxygens (including phenoxy) is 1. The average molecular weight is 476 g/mol. The number of aliphatic carboxylic acids is 1. The molecule has 33 heavy (non-hydrogen) atoms. The second kappa shape index (κ2) is 9.81. The number of hydrogen-bond donors (Lipinski definition) is 1. The van der Waals surface area contributed by atoms with Gasteiger partial charge in [0.05, 0.1) is 10.5 Å². The van der Waals surface area contributed by atoms with Crippen LogP contribution in [0.1, 0.15) is 27.5 Å². The molecule has 1 saturated heterocycles. The third kappa shape index (κ3) is 5.02. The molecule has 0 aromatic heterocycles. The highest BCUT2D eigenvalue weighted by atomic mass is 32.2. The lowest BCUT2D eigenvalue weighted by atomic mass is 10.1. The summed E-state index contributed by atoms with van der Waals surface area (Å²) < 4.78 is 5.52. The zero-order valence-corrected chi connectivity index (χ0v) is 18.7. The zero-order valence-electron chi connectivity index (χ0n) is 17.1. The maximum Gasteiger partial charge on any atom is 0.343 e. The minimum atomic E-state index is -1.23. The fourth-order valence-electron chi connectivity index (χ4n) is 3.30. The van der Waals surface area contributed by atoms with Crippen LogP contribution >= 0.6 is 24.0 Å². The number of benzene rings is 3. The Balaban J connectivity index is 1.58. The fraction of sp³-hybridized carbons (Fsp3) is 0.0400. The van der Waals surface area contributed by atoms with E-state index in [1.807, 2.05) is 6.07 Å². The molecule has 1 heterocycles. The molecule has 4 rings (SSSR count). The smallest absolute Gasteiger partial charge is 0.343 e. The van der Waals surface area contributed by atoms with Crippen molar-refractivity contribution >= 4 is 52.2 Å². The number of carbonyl (C=O) groups is 3. The highest BCUT2D eigenvalue weighted by Gasteiger charge is 2.41. The molecular weight excluding hydrogens is 458 g/mol. The van der Waals surface area contributed by atoms with Gasteiger partial charge in [-0.3, -0.25) is 9.69 Å². The van der Waals surface area contributed by atoms with Gasteiger partial charge in [0.25, 0.3) is 5.91 Å². The first-order valence-corrected chi connectivity index (χ1v) is 11.1. The monoisotopic (exact) mass is 475 g/mol. The van der Waals surface area contributed by atoms with Crippen molar-refractivity contribution in [3.63, 3.8) is 0 Å². The molecule has 3 aromatic carbocycles. The number of amides is 1. The van der Waals surface area contributed by atoms with E-state index in [9.17, 15) is 19.5 Å². The van der Waals surface area contributed by atoms with Crippen molar-refractivity contribution in [2.45, 2.75) is 6.04 Å². The number of carboxylic acid groups (broad SMARTS) is 1. The third-order valence-electron chi connectivity index (χ3n) is 4.80. The fourth-order valence-corrected chi connectivity index (χ4v) is 4.61. The van der Waals surface area contributed by atoms with E-state index in [1.165, 1.54) is 0 Å². The number of thioether (sulfide) groups is 1. The zero-order chi connectivity index (χ0) is 23.4. The topological polar surface area (TPSA) is 83.9 Å². The van der Waals surface area contributed by atoms with Gasteiger partial charge in [0.15, 0.2) is 6.04 Å². The number of para-hydroxylation sites is 1. The first-order chi connectivity index (χ1) is 15.9. The standard InChI is InChI=1S/C25H17NO5S2/c27-22-20(33-25(32)26(22)21(23(28)29)17-9-3-1-4-10-17)15-16-8-7-11-18(14-16)24(30)31-19-12-5-2-6-13-19/h1-15,21H,(H,28,29)/b20-15-/t21-/m1/s1. The van der Waals surface area contributed by atoms with Crippen LogP contribution < -0.4 is 4.74 Å². The van der Waals surface area contributed by atoms with E-state index in [1.54, 1.807) is 84.9 Å². The highest BCUT2D eigenvalue weighted by Crippen LogP contribution is 2.38. The summed E-state index contributed by atoms with van der Waals surface area (Å²) in [5.41, 5.74) is 1.36. The van der Waals surface area contributed by atoms with E-state index in [4.69, 9.17) is 17.0 Å². The van der Waals surface area contributed by atoms with E-state index in [0.717, 1.165) is 16.7 Å². The van der Waals surface area contributed by atoms with Gasteiger partial charge in [0.1, 0.15) is 10.1 Å². The molecule has 0 unspecified atom stereocenters. The van der Waals surface area contributed by atoms with E-state index in [0.29, 0.717) is 22.4 Å². The molecular formula is C25H17NO5S2. The van der Waals surface area contributed by atoms with Crippen molar-refractivity contribution in [2.75, 3.05) is 0 Å². The molecule has 0 bridgehead atoms. The van der Waals surface area contributed by atoms with Crippen molar-refractivity contribution in [3.05, 3.63) is 107 Å². The van der Waals surface area contributed by atoms with Gasteiger partial charge in [-0.25, -0.2) is 9.59 Å². The van der Waals surface area contributed by atoms with Gasteiger partial charge >= 0.3 is 11.9 Å². The molecule has 8 heteroatoms. The molecule has 3 aromatic rings. The van der Waals surface area contributed by atoms with Crippen LogP contribution in [0, 0.1) is 0 Å². The van der Waals surface area contributed by atoms with Crippen LogP contribution in [-0.4, -0.2) is 32.2 Å². The number of rotatable bonds is 6. The molecule has 0 spiro atoms. The molecule has 1 aliphatic rings. The van der Waals surface area contributed by atoms with E-state index in [2.05, 4.69) is 0 Å². The molecule has 0 aliphatic carbocycles. The Morgan fingerprint density at radius 3 is 2.30 bits per heavy atom. The van der Waals surface area contributed by atoms with Crippen molar-refractivity contribution in [2.24, 2.45) is 0 Å². The van der Waals surface area contributed by atoms with Crippen LogP contribution in [-0.2, 0) is 9.59 Å². The lowest BCUT2D eigenvalue weighted by Gasteiger charge is -2.23. The van der Waals surface area contributed by atoms with Gasteiger partial charge in [-0.2, -0.15) is 0 Å². The first-order valence-electron chi connectivity index (χ1n) is 9.86. The molecule has 6 nitrogen and oxygen atoms in total. The van der Waals surface area contributed by atoms with Crippen molar-refractivity contribution in [3.8, 4) is 5.75 Å².